The largest absolute Gasteiger partial charge is 0.462 e. The molecule has 0 saturated heterocycles. The molecule has 1 amide bonds. The van der Waals surface area contributed by atoms with E-state index in [1.54, 1.807) is 36.6 Å². The van der Waals surface area contributed by atoms with Crippen LogP contribution in [0.2, 0.25) is 10.0 Å². The van der Waals surface area contributed by atoms with Gasteiger partial charge in [-0.05, 0) is 25.1 Å². The van der Waals surface area contributed by atoms with Crippen molar-refractivity contribution in [1.29, 1.82) is 0 Å². The highest BCUT2D eigenvalue weighted by Gasteiger charge is 2.24. The fourth-order valence-electron chi connectivity index (χ4n) is 2.78. The zero-order valence-electron chi connectivity index (χ0n) is 16.9. The average Bonchev–Trinajstić information content (AvgIpc) is 3.18. The van der Waals surface area contributed by atoms with Crippen LogP contribution in [0.4, 0.5) is 13.8 Å². The number of nitrogens with one attached hydrogen (secondary N) is 1. The first-order valence-electron chi connectivity index (χ1n) is 9.38. The van der Waals surface area contributed by atoms with Crippen molar-refractivity contribution >= 4 is 57.4 Å². The highest BCUT2D eigenvalue weighted by molar-refractivity contribution is 7.15. The molecule has 33 heavy (non-hydrogen) atoms. The molecule has 1 N–H and O–H groups in total. The maximum Gasteiger partial charge on any atom is 0.341 e. The van der Waals surface area contributed by atoms with Gasteiger partial charge in [-0.15, -0.1) is 11.3 Å². The normalized spacial score (nSPS) is 10.6. The van der Waals surface area contributed by atoms with E-state index in [4.69, 9.17) is 32.7 Å². The van der Waals surface area contributed by atoms with Gasteiger partial charge in [-0.2, -0.15) is 0 Å². The fourth-order valence-corrected chi connectivity index (χ4v) is 4.21. The van der Waals surface area contributed by atoms with Crippen LogP contribution in [0.25, 0.3) is 11.1 Å². The summed E-state index contributed by atoms with van der Waals surface area (Å²) in [4.78, 5) is 37.1. The van der Waals surface area contributed by atoms with Crippen LogP contribution in [0, 0.1) is 11.6 Å². The first kappa shape index (κ1) is 24.6. The molecule has 0 aliphatic rings. The lowest BCUT2D eigenvalue weighted by atomic mass is 10.0. The number of esters is 2. The molecule has 0 aliphatic carbocycles. The summed E-state index contributed by atoms with van der Waals surface area (Å²) >= 11 is 13.0. The molecule has 0 aliphatic heterocycles. The molecular weight excluding hydrogens is 499 g/mol. The number of hydrogen-bond acceptors (Lipinski definition) is 6. The quantitative estimate of drug-likeness (QED) is 0.310. The van der Waals surface area contributed by atoms with Gasteiger partial charge in [-0.3, -0.25) is 4.79 Å². The number of carbonyl (C=O) groups excluding carboxylic acids is 3. The van der Waals surface area contributed by atoms with E-state index in [0.29, 0.717) is 28.3 Å². The van der Waals surface area contributed by atoms with Crippen molar-refractivity contribution in [2.45, 2.75) is 6.92 Å². The molecule has 0 atom stereocenters. The van der Waals surface area contributed by atoms with E-state index in [2.05, 4.69) is 5.32 Å². The highest BCUT2D eigenvalue weighted by atomic mass is 35.5. The van der Waals surface area contributed by atoms with E-state index in [-0.39, 0.29) is 22.2 Å². The molecule has 0 radical (unpaired) electrons. The second kappa shape index (κ2) is 10.7. The zero-order chi connectivity index (χ0) is 24.1. The summed E-state index contributed by atoms with van der Waals surface area (Å²) in [5, 5.41) is 4.32. The molecule has 2 aromatic carbocycles. The first-order valence-corrected chi connectivity index (χ1v) is 11.0. The molecule has 1 aromatic heterocycles. The van der Waals surface area contributed by atoms with E-state index >= 15 is 0 Å². The van der Waals surface area contributed by atoms with E-state index in [9.17, 15) is 23.2 Å². The van der Waals surface area contributed by atoms with Crippen LogP contribution < -0.4 is 5.32 Å². The van der Waals surface area contributed by atoms with Gasteiger partial charge in [-0.25, -0.2) is 18.4 Å². The molecule has 0 saturated carbocycles. The predicted molar refractivity (Wildman–Crippen MR) is 121 cm³/mol. The SMILES string of the molecule is CCOC(=O)c1c(-c2ccccc2Cl)csc1NC(=O)COC(=O)c1cc(F)c(F)cc1Cl. The Morgan fingerprint density at radius 1 is 0.970 bits per heavy atom. The van der Waals surface area contributed by atoms with Crippen molar-refractivity contribution in [3.63, 3.8) is 0 Å². The van der Waals surface area contributed by atoms with Crippen molar-refractivity contribution in [2.75, 3.05) is 18.5 Å². The van der Waals surface area contributed by atoms with Gasteiger partial charge in [0.2, 0.25) is 0 Å². The van der Waals surface area contributed by atoms with Crippen LogP contribution >= 0.6 is 34.5 Å². The van der Waals surface area contributed by atoms with Gasteiger partial charge in [0.15, 0.2) is 18.2 Å². The van der Waals surface area contributed by atoms with Gasteiger partial charge in [0, 0.05) is 21.5 Å². The minimum Gasteiger partial charge on any atom is -0.462 e. The molecule has 1 heterocycles. The maximum atomic E-state index is 13.4. The molecule has 0 bridgehead atoms. The Hall–Kier alpha value is -3.01. The molecule has 6 nitrogen and oxygen atoms in total. The van der Waals surface area contributed by atoms with Gasteiger partial charge >= 0.3 is 11.9 Å². The van der Waals surface area contributed by atoms with Crippen molar-refractivity contribution in [1.82, 2.24) is 0 Å². The zero-order valence-corrected chi connectivity index (χ0v) is 19.2. The van der Waals surface area contributed by atoms with Gasteiger partial charge in [0.1, 0.15) is 10.6 Å². The number of anilines is 1. The van der Waals surface area contributed by atoms with Gasteiger partial charge in [0.05, 0.1) is 17.2 Å². The summed E-state index contributed by atoms with van der Waals surface area (Å²) < 4.78 is 36.5. The van der Waals surface area contributed by atoms with Crippen LogP contribution in [0.5, 0.6) is 0 Å². The third-order valence-corrected chi connectivity index (χ3v) is 5.79. The number of halogens is 4. The lowest BCUT2D eigenvalue weighted by molar-refractivity contribution is -0.119. The third-order valence-electron chi connectivity index (χ3n) is 4.25. The minimum atomic E-state index is -1.29. The van der Waals surface area contributed by atoms with E-state index in [0.717, 1.165) is 11.3 Å². The fraction of sp³-hybridized carbons (Fsp3) is 0.136. The summed E-state index contributed by atoms with van der Waals surface area (Å²) in [5.41, 5.74) is 0.689. The predicted octanol–water partition coefficient (Wildman–Crippen LogP) is 5.97. The Balaban J connectivity index is 1.78. The van der Waals surface area contributed by atoms with E-state index in [1.807, 2.05) is 0 Å². The standard InChI is InChI=1S/C22H15Cl2F2NO5S/c1-2-31-22(30)19-13(11-5-3-4-6-14(11)23)10-33-20(19)27-18(28)9-32-21(29)12-7-16(25)17(26)8-15(12)24/h3-8,10H,2,9H2,1H3,(H,27,28). The van der Waals surface area contributed by atoms with E-state index < -0.39 is 41.7 Å². The maximum absolute atomic E-state index is 13.4. The summed E-state index contributed by atoms with van der Waals surface area (Å²) in [7, 11) is 0. The number of amides is 1. The van der Waals surface area contributed by atoms with Crippen molar-refractivity contribution in [2.24, 2.45) is 0 Å². The second-order valence-electron chi connectivity index (χ2n) is 6.42. The number of rotatable bonds is 7. The highest BCUT2D eigenvalue weighted by Crippen LogP contribution is 2.39. The van der Waals surface area contributed by atoms with Crippen LogP contribution in [-0.2, 0) is 14.3 Å². The Morgan fingerprint density at radius 2 is 1.67 bits per heavy atom. The van der Waals surface area contributed by atoms with E-state index in [1.165, 1.54) is 0 Å². The third kappa shape index (κ3) is 5.68. The van der Waals surface area contributed by atoms with Gasteiger partial charge in [0.25, 0.3) is 5.91 Å². The van der Waals surface area contributed by atoms with Gasteiger partial charge < -0.3 is 14.8 Å². The second-order valence-corrected chi connectivity index (χ2v) is 8.12. The van der Waals surface area contributed by atoms with Crippen molar-refractivity contribution in [3.05, 3.63) is 74.6 Å². The molecule has 3 rings (SSSR count). The molecule has 11 heteroatoms. The lowest BCUT2D eigenvalue weighted by Gasteiger charge is -2.10. The minimum absolute atomic E-state index is 0.0956. The molecule has 0 fully saturated rings. The van der Waals surface area contributed by atoms with Crippen LogP contribution in [0.3, 0.4) is 0 Å². The monoisotopic (exact) mass is 513 g/mol. The van der Waals surface area contributed by atoms with Crippen LogP contribution in [0.15, 0.2) is 41.8 Å². The lowest BCUT2D eigenvalue weighted by Crippen LogP contribution is -2.22. The molecule has 0 spiro atoms. The number of benzene rings is 2. The summed E-state index contributed by atoms with van der Waals surface area (Å²) in [6, 6.07) is 8.05. The Morgan fingerprint density at radius 3 is 2.36 bits per heavy atom. The summed E-state index contributed by atoms with van der Waals surface area (Å²) in [6.45, 7) is 0.979. The number of hydrogen-bond donors (Lipinski definition) is 1. The topological polar surface area (TPSA) is 81.7 Å². The smallest absolute Gasteiger partial charge is 0.341 e. The van der Waals surface area contributed by atoms with Crippen molar-refractivity contribution in [3.8, 4) is 11.1 Å². The molecule has 0 unspecified atom stereocenters. The average molecular weight is 514 g/mol. The van der Waals surface area contributed by atoms with Crippen LogP contribution in [0.1, 0.15) is 27.6 Å². The number of thiophene rings is 1. The number of ether oxygens (including phenoxy) is 2. The molecule has 172 valence electrons. The Bertz CT molecular complexity index is 1230. The summed E-state index contributed by atoms with van der Waals surface area (Å²) in [5.74, 6) is -5.09. The molecular formula is C22H15Cl2F2NO5S. The Labute approximate surface area is 201 Å². The number of carbonyl (C=O) groups is 3. The first-order chi connectivity index (χ1) is 15.7. The van der Waals surface area contributed by atoms with Gasteiger partial charge in [-0.1, -0.05) is 41.4 Å². The molecule has 3 aromatic rings. The van der Waals surface area contributed by atoms with Crippen molar-refractivity contribution < 1.29 is 32.6 Å². The Kier molecular flexibility index (Phi) is 8.01. The summed E-state index contributed by atoms with van der Waals surface area (Å²) in [6.07, 6.45) is 0. The van der Waals surface area contributed by atoms with Crippen LogP contribution in [-0.4, -0.2) is 31.1 Å².